The van der Waals surface area contributed by atoms with Gasteiger partial charge in [0.2, 0.25) is 0 Å². The summed E-state index contributed by atoms with van der Waals surface area (Å²) in [5.41, 5.74) is 0.415. The third-order valence-electron chi connectivity index (χ3n) is 3.01. The molecule has 6 heteroatoms. The number of hydrogen-bond acceptors (Lipinski definition) is 2. The molecule has 1 aromatic carbocycles. The minimum Gasteiger partial charge on any atom is -0.396 e. The van der Waals surface area contributed by atoms with Crippen LogP contribution in [0.15, 0.2) is 22.7 Å². The molecule has 0 aliphatic heterocycles. The van der Waals surface area contributed by atoms with Crippen molar-refractivity contribution in [3.63, 3.8) is 0 Å². The van der Waals surface area contributed by atoms with E-state index in [9.17, 15) is 9.18 Å². The Morgan fingerprint density at radius 3 is 2.75 bits per heavy atom. The van der Waals surface area contributed by atoms with Crippen LogP contribution in [0.2, 0.25) is 0 Å². The Balaban J connectivity index is 2.52. The lowest BCUT2D eigenvalue weighted by atomic mass is 10.0. The number of aliphatic hydroxyl groups is 1. The molecule has 3 N–H and O–H groups in total. The maximum Gasteiger partial charge on any atom is 0.315 e. The molecule has 1 unspecified atom stereocenters. The van der Waals surface area contributed by atoms with E-state index in [2.05, 4.69) is 26.6 Å². The first-order valence-corrected chi connectivity index (χ1v) is 7.32. The topological polar surface area (TPSA) is 61.4 Å². The van der Waals surface area contributed by atoms with Gasteiger partial charge in [-0.25, -0.2) is 9.18 Å². The Kier molecular flexibility index (Phi) is 6.95. The van der Waals surface area contributed by atoms with Gasteiger partial charge in [-0.05, 0) is 30.5 Å². The number of aliphatic hydroxyl groups excluding tert-OH is 1. The van der Waals surface area contributed by atoms with Crippen LogP contribution in [0, 0.1) is 11.7 Å². The van der Waals surface area contributed by atoms with Crippen LogP contribution in [0.1, 0.15) is 25.8 Å². The van der Waals surface area contributed by atoms with Gasteiger partial charge in [0.1, 0.15) is 5.82 Å². The van der Waals surface area contributed by atoms with Crippen LogP contribution in [0.25, 0.3) is 0 Å². The molecule has 0 aliphatic rings. The van der Waals surface area contributed by atoms with Gasteiger partial charge >= 0.3 is 6.03 Å². The molecule has 0 radical (unpaired) electrons. The number of rotatable bonds is 6. The van der Waals surface area contributed by atoms with E-state index in [1.54, 1.807) is 12.1 Å². The summed E-state index contributed by atoms with van der Waals surface area (Å²) in [5, 5.41) is 14.3. The van der Waals surface area contributed by atoms with Crippen LogP contribution in [-0.2, 0) is 6.54 Å². The maximum atomic E-state index is 13.5. The van der Waals surface area contributed by atoms with Crippen LogP contribution in [0.3, 0.4) is 0 Å². The van der Waals surface area contributed by atoms with Crippen molar-refractivity contribution in [2.24, 2.45) is 5.92 Å². The predicted molar refractivity (Wildman–Crippen MR) is 79.8 cm³/mol. The van der Waals surface area contributed by atoms with Gasteiger partial charge < -0.3 is 15.7 Å². The van der Waals surface area contributed by atoms with Crippen molar-refractivity contribution >= 4 is 22.0 Å². The second-order valence-corrected chi connectivity index (χ2v) is 5.84. The molecular weight excluding hydrogens is 327 g/mol. The zero-order valence-corrected chi connectivity index (χ0v) is 13.2. The molecule has 1 atom stereocenters. The van der Waals surface area contributed by atoms with E-state index in [0.29, 0.717) is 12.0 Å². The molecule has 0 bridgehead atoms. The largest absolute Gasteiger partial charge is 0.396 e. The van der Waals surface area contributed by atoms with Crippen LogP contribution < -0.4 is 10.6 Å². The first-order chi connectivity index (χ1) is 9.43. The van der Waals surface area contributed by atoms with Gasteiger partial charge in [-0.1, -0.05) is 29.8 Å². The van der Waals surface area contributed by atoms with Crippen molar-refractivity contribution in [2.75, 3.05) is 6.61 Å². The van der Waals surface area contributed by atoms with Gasteiger partial charge in [0.15, 0.2) is 0 Å². The number of benzene rings is 1. The molecule has 2 amide bonds. The standard InChI is InChI=1S/C14H20BrFN2O2/c1-9(2)13(5-6-19)18-14(20)17-8-10-7-11(15)3-4-12(10)16/h3-4,7,9,13,19H,5-6,8H2,1-2H3,(H2,17,18,20). The van der Waals surface area contributed by atoms with Crippen molar-refractivity contribution in [2.45, 2.75) is 32.9 Å². The molecule has 0 fully saturated rings. The maximum absolute atomic E-state index is 13.5. The zero-order valence-electron chi connectivity index (χ0n) is 11.6. The third kappa shape index (κ3) is 5.46. The Bertz CT molecular complexity index is 455. The zero-order chi connectivity index (χ0) is 15.1. The number of carbonyl (C=O) groups is 1. The van der Waals surface area contributed by atoms with E-state index < -0.39 is 0 Å². The normalized spacial score (nSPS) is 12.3. The fourth-order valence-electron chi connectivity index (χ4n) is 1.78. The van der Waals surface area contributed by atoms with Crippen molar-refractivity contribution in [1.29, 1.82) is 0 Å². The molecule has 0 spiro atoms. The monoisotopic (exact) mass is 346 g/mol. The molecule has 0 saturated heterocycles. The minimum absolute atomic E-state index is 0.0172. The summed E-state index contributed by atoms with van der Waals surface area (Å²) in [6.07, 6.45) is 0.496. The average molecular weight is 347 g/mol. The summed E-state index contributed by atoms with van der Waals surface area (Å²) in [6.45, 7) is 4.06. The average Bonchev–Trinajstić information content (AvgIpc) is 2.39. The molecule has 0 heterocycles. The summed E-state index contributed by atoms with van der Waals surface area (Å²) in [7, 11) is 0. The lowest BCUT2D eigenvalue weighted by Gasteiger charge is -2.21. The fourth-order valence-corrected chi connectivity index (χ4v) is 2.19. The van der Waals surface area contributed by atoms with Gasteiger partial charge in [-0.15, -0.1) is 0 Å². The molecule has 4 nitrogen and oxygen atoms in total. The lowest BCUT2D eigenvalue weighted by Crippen LogP contribution is -2.44. The van der Waals surface area contributed by atoms with E-state index in [1.165, 1.54) is 6.07 Å². The summed E-state index contributed by atoms with van der Waals surface area (Å²) < 4.78 is 14.3. The Hall–Kier alpha value is -1.14. The summed E-state index contributed by atoms with van der Waals surface area (Å²) in [4.78, 5) is 11.8. The lowest BCUT2D eigenvalue weighted by molar-refractivity contribution is 0.218. The second kappa shape index (κ2) is 8.21. The van der Waals surface area contributed by atoms with E-state index >= 15 is 0 Å². The molecule has 0 aliphatic carbocycles. The summed E-state index contributed by atoms with van der Waals surface area (Å²) in [5.74, 6) is -0.139. The quantitative estimate of drug-likeness (QED) is 0.741. The van der Waals surface area contributed by atoms with Gasteiger partial charge in [0.25, 0.3) is 0 Å². The second-order valence-electron chi connectivity index (χ2n) is 4.93. The highest BCUT2D eigenvalue weighted by molar-refractivity contribution is 9.10. The minimum atomic E-state index is -0.364. The summed E-state index contributed by atoms with van der Waals surface area (Å²) in [6, 6.07) is 4.11. The van der Waals surface area contributed by atoms with Gasteiger partial charge in [-0.3, -0.25) is 0 Å². The Morgan fingerprint density at radius 2 is 2.15 bits per heavy atom. The van der Waals surface area contributed by atoms with E-state index in [-0.39, 0.29) is 37.0 Å². The van der Waals surface area contributed by atoms with Crippen LogP contribution in [0.4, 0.5) is 9.18 Å². The van der Waals surface area contributed by atoms with Crippen molar-refractivity contribution < 1.29 is 14.3 Å². The van der Waals surface area contributed by atoms with E-state index in [1.807, 2.05) is 13.8 Å². The first kappa shape index (κ1) is 16.9. The molecule has 1 aromatic rings. The van der Waals surface area contributed by atoms with Crippen molar-refractivity contribution in [3.05, 3.63) is 34.1 Å². The molecule has 0 saturated carbocycles. The number of hydrogen-bond donors (Lipinski definition) is 3. The summed E-state index contributed by atoms with van der Waals surface area (Å²) >= 11 is 3.26. The Labute approximate surface area is 126 Å². The molecule has 20 heavy (non-hydrogen) atoms. The van der Waals surface area contributed by atoms with Crippen LogP contribution in [-0.4, -0.2) is 23.8 Å². The number of halogens is 2. The number of carbonyl (C=O) groups excluding carboxylic acids is 1. The van der Waals surface area contributed by atoms with Crippen molar-refractivity contribution in [3.8, 4) is 0 Å². The molecule has 1 rings (SSSR count). The van der Waals surface area contributed by atoms with Gasteiger partial charge in [0.05, 0.1) is 0 Å². The number of nitrogens with one attached hydrogen (secondary N) is 2. The predicted octanol–water partition coefficient (Wildman–Crippen LogP) is 2.79. The third-order valence-corrected chi connectivity index (χ3v) is 3.50. The Morgan fingerprint density at radius 1 is 1.45 bits per heavy atom. The number of amides is 2. The molecule has 112 valence electrons. The van der Waals surface area contributed by atoms with Crippen LogP contribution in [0.5, 0.6) is 0 Å². The fraction of sp³-hybridized carbons (Fsp3) is 0.500. The van der Waals surface area contributed by atoms with Crippen LogP contribution >= 0.6 is 15.9 Å². The van der Waals surface area contributed by atoms with E-state index in [0.717, 1.165) is 4.47 Å². The van der Waals surface area contributed by atoms with E-state index in [4.69, 9.17) is 5.11 Å². The smallest absolute Gasteiger partial charge is 0.315 e. The first-order valence-electron chi connectivity index (χ1n) is 6.53. The highest BCUT2D eigenvalue weighted by Gasteiger charge is 2.15. The SMILES string of the molecule is CC(C)C(CCO)NC(=O)NCc1cc(Br)ccc1F. The highest BCUT2D eigenvalue weighted by Crippen LogP contribution is 2.15. The van der Waals surface area contributed by atoms with Crippen molar-refractivity contribution in [1.82, 2.24) is 10.6 Å². The molecular formula is C14H20BrFN2O2. The molecule has 0 aromatic heterocycles. The highest BCUT2D eigenvalue weighted by atomic mass is 79.9. The van der Waals surface area contributed by atoms with Gasteiger partial charge in [-0.2, -0.15) is 0 Å². The van der Waals surface area contributed by atoms with Gasteiger partial charge in [0, 0.05) is 29.2 Å². The number of urea groups is 1.